The van der Waals surface area contributed by atoms with Gasteiger partial charge < -0.3 is 0 Å². The van der Waals surface area contributed by atoms with Crippen molar-refractivity contribution in [3.05, 3.63) is 35.9 Å². The Hall–Kier alpha value is -0.910. The van der Waals surface area contributed by atoms with E-state index < -0.39 is 10.4 Å². The molecule has 0 aliphatic heterocycles. The van der Waals surface area contributed by atoms with Crippen LogP contribution in [0.25, 0.3) is 0 Å². The van der Waals surface area contributed by atoms with Crippen LogP contribution >= 0.6 is 0 Å². The van der Waals surface area contributed by atoms with Crippen molar-refractivity contribution < 1.29 is 17.5 Å². The standard InChI is InChI=1S/C15H24.H2O4S/c1-2-3-4-5-6-7-9-12-15-13-10-8-11-14-15;1-5(2,3)4/h8,10-11,13-14H,2-7,9,12H2,1H3;(H2,1,2,3,4). The van der Waals surface area contributed by atoms with Crippen molar-refractivity contribution in [2.45, 2.75) is 58.3 Å². The lowest BCUT2D eigenvalue weighted by Gasteiger charge is -2.01. The van der Waals surface area contributed by atoms with Gasteiger partial charge in [-0.2, -0.15) is 8.42 Å². The molecule has 0 amide bonds. The minimum Gasteiger partial charge on any atom is -0.264 e. The average Bonchev–Trinajstić information content (AvgIpc) is 2.37. The predicted octanol–water partition coefficient (Wildman–Crippen LogP) is 4.33. The maximum Gasteiger partial charge on any atom is 0.394 e. The molecule has 20 heavy (non-hydrogen) atoms. The first kappa shape index (κ1) is 19.1. The van der Waals surface area contributed by atoms with Gasteiger partial charge in [0.1, 0.15) is 0 Å². The molecular weight excluding hydrogens is 276 g/mol. The van der Waals surface area contributed by atoms with Crippen LogP contribution < -0.4 is 0 Å². The number of aryl methyl sites for hydroxylation is 1. The predicted molar refractivity (Wildman–Crippen MR) is 82.3 cm³/mol. The average molecular weight is 302 g/mol. The minimum absolute atomic E-state index is 1.26. The molecule has 0 aromatic heterocycles. The molecule has 0 radical (unpaired) electrons. The second kappa shape index (κ2) is 11.9. The highest BCUT2D eigenvalue weighted by Crippen LogP contribution is 2.10. The summed E-state index contributed by atoms with van der Waals surface area (Å²) < 4.78 is 31.6. The van der Waals surface area contributed by atoms with Gasteiger partial charge >= 0.3 is 10.4 Å². The first-order valence-electron chi connectivity index (χ1n) is 7.17. The zero-order valence-corrected chi connectivity index (χ0v) is 13.0. The van der Waals surface area contributed by atoms with Gasteiger partial charge in [-0.25, -0.2) is 0 Å². The van der Waals surface area contributed by atoms with Crippen LogP contribution in [0.4, 0.5) is 0 Å². The van der Waals surface area contributed by atoms with Gasteiger partial charge in [-0.1, -0.05) is 75.8 Å². The van der Waals surface area contributed by atoms with Crippen LogP contribution in [-0.2, 0) is 16.8 Å². The van der Waals surface area contributed by atoms with Crippen molar-refractivity contribution >= 4 is 10.4 Å². The Bertz CT molecular complexity index is 407. The van der Waals surface area contributed by atoms with E-state index in [0.717, 1.165) is 0 Å². The number of rotatable bonds is 8. The highest BCUT2D eigenvalue weighted by atomic mass is 32.3. The molecule has 0 spiro atoms. The van der Waals surface area contributed by atoms with Gasteiger partial charge in [0, 0.05) is 0 Å². The van der Waals surface area contributed by atoms with E-state index in [1.165, 1.54) is 56.9 Å². The third-order valence-corrected chi connectivity index (χ3v) is 2.91. The zero-order valence-electron chi connectivity index (χ0n) is 12.2. The summed E-state index contributed by atoms with van der Waals surface area (Å²) in [6, 6.07) is 10.8. The van der Waals surface area contributed by atoms with Gasteiger partial charge in [-0.3, -0.25) is 9.11 Å². The molecule has 116 valence electrons. The van der Waals surface area contributed by atoms with Crippen LogP contribution in [0.5, 0.6) is 0 Å². The third kappa shape index (κ3) is 17.1. The van der Waals surface area contributed by atoms with E-state index in [0.29, 0.717) is 0 Å². The van der Waals surface area contributed by atoms with Crippen LogP contribution in [-0.4, -0.2) is 17.5 Å². The number of hydrogen-bond acceptors (Lipinski definition) is 2. The van der Waals surface area contributed by atoms with E-state index in [2.05, 4.69) is 37.3 Å². The Labute approximate surface area is 122 Å². The fourth-order valence-electron chi connectivity index (χ4n) is 1.93. The molecule has 0 heterocycles. The van der Waals surface area contributed by atoms with Gasteiger partial charge in [-0.05, 0) is 18.4 Å². The van der Waals surface area contributed by atoms with Crippen LogP contribution in [0.15, 0.2) is 30.3 Å². The Kier molecular flexibility index (Phi) is 11.3. The Morgan fingerprint density at radius 2 is 1.30 bits per heavy atom. The second-order valence-electron chi connectivity index (χ2n) is 4.80. The lowest BCUT2D eigenvalue weighted by atomic mass is 10.0. The van der Waals surface area contributed by atoms with Crippen molar-refractivity contribution in [2.24, 2.45) is 0 Å². The first-order chi connectivity index (χ1) is 9.43. The van der Waals surface area contributed by atoms with Crippen LogP contribution in [0.3, 0.4) is 0 Å². The topological polar surface area (TPSA) is 74.6 Å². The van der Waals surface area contributed by atoms with E-state index in [9.17, 15) is 0 Å². The molecule has 0 bridgehead atoms. The zero-order chi connectivity index (χ0) is 15.3. The van der Waals surface area contributed by atoms with Crippen molar-refractivity contribution in [1.82, 2.24) is 0 Å². The molecule has 0 atom stereocenters. The maximum atomic E-state index is 8.74. The molecule has 1 rings (SSSR count). The maximum absolute atomic E-state index is 8.74. The normalized spacial score (nSPS) is 10.8. The van der Waals surface area contributed by atoms with Gasteiger partial charge in [0.05, 0.1) is 0 Å². The van der Waals surface area contributed by atoms with Crippen molar-refractivity contribution in [3.8, 4) is 0 Å². The molecule has 1 aromatic rings. The van der Waals surface area contributed by atoms with E-state index in [1.54, 1.807) is 0 Å². The summed E-state index contributed by atoms with van der Waals surface area (Å²) in [6.07, 6.45) is 11.1. The molecular formula is C15H26O4S. The van der Waals surface area contributed by atoms with Gasteiger partial charge in [-0.15, -0.1) is 0 Å². The van der Waals surface area contributed by atoms with Gasteiger partial charge in [0.15, 0.2) is 0 Å². The number of unbranched alkanes of at least 4 members (excludes halogenated alkanes) is 6. The fraction of sp³-hybridized carbons (Fsp3) is 0.600. The monoisotopic (exact) mass is 302 g/mol. The largest absolute Gasteiger partial charge is 0.394 e. The van der Waals surface area contributed by atoms with Crippen LogP contribution in [0.2, 0.25) is 0 Å². The summed E-state index contributed by atoms with van der Waals surface area (Å²) in [5, 5.41) is 0. The van der Waals surface area contributed by atoms with Crippen LogP contribution in [0.1, 0.15) is 57.4 Å². The lowest BCUT2D eigenvalue weighted by Crippen LogP contribution is -1.89. The van der Waals surface area contributed by atoms with E-state index in [4.69, 9.17) is 17.5 Å². The summed E-state index contributed by atoms with van der Waals surface area (Å²) >= 11 is 0. The lowest BCUT2D eigenvalue weighted by molar-refractivity contribution is 0.381. The minimum atomic E-state index is -4.67. The molecule has 2 N–H and O–H groups in total. The summed E-state index contributed by atoms with van der Waals surface area (Å²) in [5.74, 6) is 0. The molecule has 0 unspecified atom stereocenters. The summed E-state index contributed by atoms with van der Waals surface area (Å²) in [4.78, 5) is 0. The van der Waals surface area contributed by atoms with Gasteiger partial charge in [0.25, 0.3) is 0 Å². The Morgan fingerprint density at radius 1 is 0.850 bits per heavy atom. The fourth-order valence-corrected chi connectivity index (χ4v) is 1.93. The van der Waals surface area contributed by atoms with Gasteiger partial charge in [0.2, 0.25) is 0 Å². The highest BCUT2D eigenvalue weighted by molar-refractivity contribution is 7.79. The molecule has 1 aromatic carbocycles. The molecule has 0 saturated heterocycles. The summed E-state index contributed by atoms with van der Waals surface area (Å²) in [7, 11) is -4.67. The highest BCUT2D eigenvalue weighted by Gasteiger charge is 1.93. The quantitative estimate of drug-likeness (QED) is 0.553. The van der Waals surface area contributed by atoms with Crippen molar-refractivity contribution in [1.29, 1.82) is 0 Å². The SMILES string of the molecule is CCCCCCCCCc1ccccc1.O=S(=O)(O)O. The van der Waals surface area contributed by atoms with Crippen molar-refractivity contribution in [3.63, 3.8) is 0 Å². The first-order valence-corrected chi connectivity index (χ1v) is 8.57. The van der Waals surface area contributed by atoms with E-state index in [1.807, 2.05) is 0 Å². The molecule has 0 aliphatic rings. The van der Waals surface area contributed by atoms with E-state index in [-0.39, 0.29) is 0 Å². The molecule has 0 aliphatic carbocycles. The van der Waals surface area contributed by atoms with E-state index >= 15 is 0 Å². The number of benzene rings is 1. The molecule has 0 saturated carbocycles. The number of hydrogen-bond donors (Lipinski definition) is 2. The van der Waals surface area contributed by atoms with Crippen LogP contribution in [0, 0.1) is 0 Å². The smallest absolute Gasteiger partial charge is 0.264 e. The summed E-state index contributed by atoms with van der Waals surface area (Å²) in [6.45, 7) is 2.27. The molecule has 5 heteroatoms. The molecule has 0 fully saturated rings. The van der Waals surface area contributed by atoms with Crippen molar-refractivity contribution in [2.75, 3.05) is 0 Å². The Balaban J connectivity index is 0.000000621. The Morgan fingerprint density at radius 3 is 1.80 bits per heavy atom. The molecule has 4 nitrogen and oxygen atoms in total. The second-order valence-corrected chi connectivity index (χ2v) is 5.70. The third-order valence-electron chi connectivity index (χ3n) is 2.91. The summed E-state index contributed by atoms with van der Waals surface area (Å²) in [5.41, 5.74) is 1.49.